The van der Waals surface area contributed by atoms with Gasteiger partial charge in [-0.15, -0.1) is 0 Å². The summed E-state index contributed by atoms with van der Waals surface area (Å²) in [4.78, 5) is 30.8. The Bertz CT molecular complexity index is 1590. The monoisotopic (exact) mass is 516 g/mol. The van der Waals surface area contributed by atoms with Crippen molar-refractivity contribution >= 4 is 28.6 Å². The van der Waals surface area contributed by atoms with Crippen molar-refractivity contribution in [2.45, 2.75) is 43.7 Å². The zero-order valence-electron chi connectivity index (χ0n) is 21.0. The normalized spacial score (nSPS) is 19.3. The average Bonchev–Trinajstić information content (AvgIpc) is 3.73. The molecule has 4 heterocycles. The van der Waals surface area contributed by atoms with Gasteiger partial charge in [-0.25, -0.2) is 9.97 Å². The van der Waals surface area contributed by atoms with Crippen LogP contribution in [0.3, 0.4) is 0 Å². The minimum Gasteiger partial charge on any atom is -0.491 e. The summed E-state index contributed by atoms with van der Waals surface area (Å²) in [7, 11) is 3.32. The van der Waals surface area contributed by atoms with E-state index < -0.39 is 6.10 Å². The summed E-state index contributed by atoms with van der Waals surface area (Å²) in [5.41, 5.74) is 8.51. The molecule has 12 heteroatoms. The van der Waals surface area contributed by atoms with Crippen LogP contribution in [0.2, 0.25) is 0 Å². The Hall–Kier alpha value is -4.45. The lowest BCUT2D eigenvalue weighted by Gasteiger charge is -2.34. The molecule has 0 aliphatic heterocycles. The number of aliphatic hydroxyl groups is 1. The predicted molar refractivity (Wildman–Crippen MR) is 140 cm³/mol. The molecular weight excluding hydrogens is 488 g/mol. The molecule has 4 N–H and O–H groups in total. The lowest BCUT2D eigenvalue weighted by atomic mass is 9.88. The molecule has 2 saturated carbocycles. The second kappa shape index (κ2) is 9.45. The molecule has 2 aliphatic carbocycles. The van der Waals surface area contributed by atoms with Crippen molar-refractivity contribution in [3.63, 3.8) is 0 Å². The number of aryl methyl sites for hydroxylation is 1. The lowest BCUT2D eigenvalue weighted by molar-refractivity contribution is 0.0299. The van der Waals surface area contributed by atoms with Crippen LogP contribution in [0, 0.1) is 0 Å². The van der Waals surface area contributed by atoms with Crippen LogP contribution in [0.4, 0.5) is 11.6 Å². The van der Waals surface area contributed by atoms with Gasteiger partial charge in [0.1, 0.15) is 16.9 Å². The molecule has 0 unspecified atom stereocenters. The van der Waals surface area contributed by atoms with Crippen LogP contribution in [0.15, 0.2) is 48.0 Å². The fourth-order valence-corrected chi connectivity index (χ4v) is 4.73. The number of ether oxygens (including phenoxy) is 2. The largest absolute Gasteiger partial charge is 0.491 e. The van der Waals surface area contributed by atoms with E-state index in [4.69, 9.17) is 15.2 Å². The molecule has 2 fully saturated rings. The van der Waals surface area contributed by atoms with Crippen molar-refractivity contribution in [1.82, 2.24) is 29.1 Å². The predicted octanol–water partition coefficient (Wildman–Crippen LogP) is 2.58. The summed E-state index contributed by atoms with van der Waals surface area (Å²) >= 11 is 0. The van der Waals surface area contributed by atoms with Crippen LogP contribution in [0.25, 0.3) is 16.9 Å². The molecule has 0 saturated heterocycles. The van der Waals surface area contributed by atoms with E-state index in [-0.39, 0.29) is 17.4 Å². The van der Waals surface area contributed by atoms with Crippen LogP contribution < -0.4 is 26.1 Å². The molecule has 4 aromatic rings. The summed E-state index contributed by atoms with van der Waals surface area (Å²) in [6.07, 6.45) is 12.5. The number of pyridine rings is 2. The topological polar surface area (TPSA) is 155 Å². The number of fused-ring (bicyclic) bond motifs is 1. The standard InChI is InChI=1S/C26H28N8O4/c1-33-22-23(37-2)21(38-20(10-27)17-11-28-7-8-29-17)12-30-24(22)32-26(33)31-16-9-15(14-3-4-14)13-34(25(16)36)18-5-6-19(18)35/h7-14,18-19,35H,3-6,27H2,1-2H3,(H,30,31,32)/b20-10+/t18-,19+/m0/s1. The van der Waals surface area contributed by atoms with E-state index in [1.807, 2.05) is 12.3 Å². The van der Waals surface area contributed by atoms with Gasteiger partial charge >= 0.3 is 0 Å². The van der Waals surface area contributed by atoms with E-state index in [2.05, 4.69) is 25.3 Å². The maximum absolute atomic E-state index is 13.4. The van der Waals surface area contributed by atoms with Gasteiger partial charge in [0.25, 0.3) is 5.56 Å². The van der Waals surface area contributed by atoms with Crippen molar-refractivity contribution in [2.75, 3.05) is 12.4 Å². The number of imidazole rings is 1. The molecule has 0 radical (unpaired) electrons. The SMILES string of the molecule is COc1c(O/C(=C/N)c2cnccn2)cnc2nc(Nc3cc(C4CC4)cn([C@H]4CC[C@H]4O)c3=O)n(C)c12. The molecule has 38 heavy (non-hydrogen) atoms. The van der Waals surface area contributed by atoms with Gasteiger partial charge < -0.3 is 34.8 Å². The summed E-state index contributed by atoms with van der Waals surface area (Å²) < 4.78 is 15.1. The van der Waals surface area contributed by atoms with Crippen LogP contribution in [0.1, 0.15) is 48.9 Å². The third kappa shape index (κ3) is 4.12. The Morgan fingerprint density at radius 3 is 2.68 bits per heavy atom. The fourth-order valence-electron chi connectivity index (χ4n) is 4.73. The number of hydrogen-bond donors (Lipinski definition) is 3. The number of nitrogens with two attached hydrogens (primary N) is 1. The maximum Gasteiger partial charge on any atom is 0.274 e. The molecular formula is C26H28N8O4. The highest BCUT2D eigenvalue weighted by Gasteiger charge is 2.33. The van der Waals surface area contributed by atoms with Gasteiger partial charge in [-0.05, 0) is 43.2 Å². The summed E-state index contributed by atoms with van der Waals surface area (Å²) in [5, 5.41) is 13.4. The lowest BCUT2D eigenvalue weighted by Crippen LogP contribution is -2.39. The van der Waals surface area contributed by atoms with Gasteiger partial charge in [0.15, 0.2) is 22.9 Å². The van der Waals surface area contributed by atoms with Crippen LogP contribution in [0.5, 0.6) is 11.5 Å². The molecule has 0 aromatic carbocycles. The van der Waals surface area contributed by atoms with E-state index in [9.17, 15) is 9.90 Å². The third-order valence-electron chi connectivity index (χ3n) is 7.13. The van der Waals surface area contributed by atoms with Crippen LogP contribution >= 0.6 is 0 Å². The van der Waals surface area contributed by atoms with Crippen LogP contribution in [-0.4, -0.2) is 47.4 Å². The fraction of sp³-hybridized carbons (Fsp3) is 0.346. The summed E-state index contributed by atoms with van der Waals surface area (Å²) in [6.45, 7) is 0. The molecule has 0 amide bonds. The quantitative estimate of drug-likeness (QED) is 0.298. The first-order chi connectivity index (χ1) is 18.5. The number of nitrogens with zero attached hydrogens (tertiary/aromatic N) is 6. The van der Waals surface area contributed by atoms with Gasteiger partial charge in [0.2, 0.25) is 5.95 Å². The Labute approximate surface area is 217 Å². The van der Waals surface area contributed by atoms with Crippen molar-refractivity contribution in [2.24, 2.45) is 12.8 Å². The van der Waals surface area contributed by atoms with E-state index >= 15 is 0 Å². The molecule has 2 atom stereocenters. The third-order valence-corrected chi connectivity index (χ3v) is 7.13. The Morgan fingerprint density at radius 2 is 2.05 bits per heavy atom. The molecule has 4 aromatic heterocycles. The number of methoxy groups -OCH3 is 1. The second-order valence-corrected chi connectivity index (χ2v) is 9.56. The van der Waals surface area contributed by atoms with Crippen molar-refractivity contribution in [1.29, 1.82) is 0 Å². The Kier molecular flexibility index (Phi) is 5.95. The molecule has 2 aliphatic rings. The van der Waals surface area contributed by atoms with E-state index in [0.29, 0.717) is 52.3 Å². The highest BCUT2D eigenvalue weighted by atomic mass is 16.5. The molecule has 196 valence electrons. The molecule has 0 bridgehead atoms. The minimum absolute atomic E-state index is 0.198. The highest BCUT2D eigenvalue weighted by molar-refractivity contribution is 5.85. The van der Waals surface area contributed by atoms with Gasteiger partial charge in [0.05, 0.1) is 31.6 Å². The van der Waals surface area contributed by atoms with Crippen molar-refractivity contribution in [3.8, 4) is 11.5 Å². The number of aromatic nitrogens is 6. The van der Waals surface area contributed by atoms with E-state index in [1.165, 1.54) is 31.9 Å². The molecule has 0 spiro atoms. The summed E-state index contributed by atoms with van der Waals surface area (Å²) in [5.74, 6) is 1.84. The number of aliphatic hydroxyl groups excluding tert-OH is 1. The number of nitrogens with one attached hydrogen (secondary N) is 1. The first-order valence-electron chi connectivity index (χ1n) is 12.4. The molecule has 12 nitrogen and oxygen atoms in total. The maximum atomic E-state index is 13.4. The Balaban J connectivity index is 1.38. The average molecular weight is 517 g/mol. The van der Waals surface area contributed by atoms with Gasteiger partial charge in [-0.2, -0.15) is 4.98 Å². The number of anilines is 2. The van der Waals surface area contributed by atoms with Gasteiger partial charge in [-0.1, -0.05) is 0 Å². The van der Waals surface area contributed by atoms with Gasteiger partial charge in [-0.3, -0.25) is 9.78 Å². The zero-order chi connectivity index (χ0) is 26.4. The van der Waals surface area contributed by atoms with Crippen molar-refractivity contribution in [3.05, 3.63) is 64.9 Å². The molecule has 6 rings (SSSR count). The van der Waals surface area contributed by atoms with Gasteiger partial charge in [0, 0.05) is 31.8 Å². The number of rotatable bonds is 8. The number of hydrogen-bond acceptors (Lipinski definition) is 10. The Morgan fingerprint density at radius 1 is 1.21 bits per heavy atom. The zero-order valence-corrected chi connectivity index (χ0v) is 21.0. The van der Waals surface area contributed by atoms with E-state index in [0.717, 1.165) is 24.8 Å². The minimum atomic E-state index is -0.507. The smallest absolute Gasteiger partial charge is 0.274 e. The second-order valence-electron chi connectivity index (χ2n) is 9.56. The first kappa shape index (κ1) is 23.9. The highest BCUT2D eigenvalue weighted by Crippen LogP contribution is 2.42. The van der Waals surface area contributed by atoms with Crippen molar-refractivity contribution < 1.29 is 14.6 Å². The van der Waals surface area contributed by atoms with E-state index in [1.54, 1.807) is 22.4 Å². The van der Waals surface area contributed by atoms with Crippen LogP contribution in [-0.2, 0) is 7.05 Å². The first-order valence-corrected chi connectivity index (χ1v) is 12.4. The summed E-state index contributed by atoms with van der Waals surface area (Å²) in [6, 6.07) is 1.68.